The van der Waals surface area contributed by atoms with Crippen LogP contribution >= 0.6 is 0 Å². The molecule has 0 saturated carbocycles. The van der Waals surface area contributed by atoms with E-state index in [0.29, 0.717) is 44.1 Å². The summed E-state index contributed by atoms with van der Waals surface area (Å²) in [6, 6.07) is 4.75. The minimum atomic E-state index is -3.66. The second-order valence-corrected chi connectivity index (χ2v) is 8.71. The maximum absolute atomic E-state index is 13.0. The van der Waals surface area contributed by atoms with Crippen molar-refractivity contribution in [2.45, 2.75) is 24.7 Å². The predicted octanol–water partition coefficient (Wildman–Crippen LogP) is 1.26. The van der Waals surface area contributed by atoms with E-state index >= 15 is 0 Å². The average molecular weight is 381 g/mol. The Hall–Kier alpha value is -1.64. The predicted molar refractivity (Wildman–Crippen MR) is 99.0 cm³/mol. The Balaban J connectivity index is 1.92. The van der Waals surface area contributed by atoms with Gasteiger partial charge in [0.1, 0.15) is 10.6 Å². The van der Waals surface area contributed by atoms with Crippen molar-refractivity contribution >= 4 is 15.9 Å². The lowest BCUT2D eigenvalue weighted by Crippen LogP contribution is -2.47. The van der Waals surface area contributed by atoms with Gasteiger partial charge in [-0.15, -0.1) is 0 Å². The standard InChI is InChI=1S/C18H27N3O4S/c1-3-25-16-7-6-15(18(22)20-12-10-19(2)11-13-20)14-17(16)26(23,24)21-8-4-5-9-21/h6-7,14H,3-5,8-13H2,1-2H3. The van der Waals surface area contributed by atoms with E-state index in [-0.39, 0.29) is 10.8 Å². The van der Waals surface area contributed by atoms with E-state index in [0.717, 1.165) is 25.9 Å². The molecule has 0 unspecified atom stereocenters. The van der Waals surface area contributed by atoms with Gasteiger partial charge in [0.25, 0.3) is 5.91 Å². The van der Waals surface area contributed by atoms with E-state index in [4.69, 9.17) is 4.74 Å². The highest BCUT2D eigenvalue weighted by Gasteiger charge is 2.31. The Kier molecular flexibility index (Phi) is 5.84. The molecule has 0 aliphatic carbocycles. The summed E-state index contributed by atoms with van der Waals surface area (Å²) in [7, 11) is -1.63. The van der Waals surface area contributed by atoms with Crippen LogP contribution in [0, 0.1) is 0 Å². The molecule has 26 heavy (non-hydrogen) atoms. The maximum Gasteiger partial charge on any atom is 0.253 e. The first-order valence-corrected chi connectivity index (χ1v) is 10.6. The zero-order chi connectivity index (χ0) is 18.7. The van der Waals surface area contributed by atoms with Crippen molar-refractivity contribution in [1.29, 1.82) is 0 Å². The Morgan fingerprint density at radius 1 is 1.08 bits per heavy atom. The van der Waals surface area contributed by atoms with Crippen molar-refractivity contribution in [2.24, 2.45) is 0 Å². The lowest BCUT2D eigenvalue weighted by Gasteiger charge is -2.32. The number of sulfonamides is 1. The van der Waals surface area contributed by atoms with Gasteiger partial charge in [-0.05, 0) is 45.0 Å². The third-order valence-corrected chi connectivity index (χ3v) is 6.88. The van der Waals surface area contributed by atoms with Gasteiger partial charge in [0.2, 0.25) is 10.0 Å². The molecular weight excluding hydrogens is 354 g/mol. The summed E-state index contributed by atoms with van der Waals surface area (Å²) in [6.45, 7) is 6.16. The van der Waals surface area contributed by atoms with Crippen molar-refractivity contribution < 1.29 is 17.9 Å². The van der Waals surface area contributed by atoms with Gasteiger partial charge in [-0.3, -0.25) is 4.79 Å². The first-order valence-electron chi connectivity index (χ1n) is 9.18. The molecule has 0 aromatic heterocycles. The number of carbonyl (C=O) groups excluding carboxylic acids is 1. The van der Waals surface area contributed by atoms with Crippen LogP contribution in [0.1, 0.15) is 30.1 Å². The molecule has 0 atom stereocenters. The first kappa shape index (κ1) is 19.1. The molecule has 1 aromatic rings. The van der Waals surface area contributed by atoms with E-state index < -0.39 is 10.0 Å². The van der Waals surface area contributed by atoms with E-state index in [1.165, 1.54) is 10.4 Å². The molecule has 3 rings (SSSR count). The number of amides is 1. The summed E-state index contributed by atoms with van der Waals surface area (Å²) in [5.74, 6) is 0.188. The maximum atomic E-state index is 13.0. The van der Waals surface area contributed by atoms with E-state index in [2.05, 4.69) is 4.90 Å². The smallest absolute Gasteiger partial charge is 0.253 e. The Morgan fingerprint density at radius 3 is 2.35 bits per heavy atom. The van der Waals surface area contributed by atoms with Gasteiger partial charge >= 0.3 is 0 Å². The van der Waals surface area contributed by atoms with Crippen LogP contribution in [0.4, 0.5) is 0 Å². The fraction of sp³-hybridized carbons (Fsp3) is 0.611. The van der Waals surface area contributed by atoms with Crippen molar-refractivity contribution in [2.75, 3.05) is 52.9 Å². The third kappa shape index (κ3) is 3.87. The van der Waals surface area contributed by atoms with E-state index in [1.54, 1.807) is 17.0 Å². The number of nitrogens with zero attached hydrogens (tertiary/aromatic N) is 3. The largest absolute Gasteiger partial charge is 0.492 e. The SMILES string of the molecule is CCOc1ccc(C(=O)N2CCN(C)CC2)cc1S(=O)(=O)N1CCCC1. The zero-order valence-electron chi connectivity index (χ0n) is 15.5. The number of hydrogen-bond donors (Lipinski definition) is 0. The van der Waals surface area contributed by atoms with Crippen molar-refractivity contribution in [3.8, 4) is 5.75 Å². The molecule has 1 aromatic carbocycles. The van der Waals surface area contributed by atoms with E-state index in [1.807, 2.05) is 14.0 Å². The first-order chi connectivity index (χ1) is 12.4. The summed E-state index contributed by atoms with van der Waals surface area (Å²) < 4.78 is 33.1. The molecular formula is C18H27N3O4S. The summed E-state index contributed by atoms with van der Waals surface area (Å²) in [6.07, 6.45) is 1.73. The van der Waals surface area contributed by atoms with Crippen LogP contribution < -0.4 is 4.74 Å². The van der Waals surface area contributed by atoms with Gasteiger partial charge in [-0.1, -0.05) is 0 Å². The second-order valence-electron chi connectivity index (χ2n) is 6.80. The Morgan fingerprint density at radius 2 is 1.73 bits per heavy atom. The molecule has 2 aliphatic rings. The molecule has 0 spiro atoms. The number of benzene rings is 1. The fourth-order valence-electron chi connectivity index (χ4n) is 3.38. The highest BCUT2D eigenvalue weighted by atomic mass is 32.2. The van der Waals surface area contributed by atoms with Crippen molar-refractivity contribution in [3.05, 3.63) is 23.8 Å². The highest BCUT2D eigenvalue weighted by Crippen LogP contribution is 2.30. The number of carbonyl (C=O) groups is 1. The van der Waals surface area contributed by atoms with Gasteiger partial charge in [0, 0.05) is 44.8 Å². The van der Waals surface area contributed by atoms with Crippen LogP contribution in [-0.2, 0) is 10.0 Å². The summed E-state index contributed by atoms with van der Waals surface area (Å²) in [4.78, 5) is 16.9. The van der Waals surface area contributed by atoms with Gasteiger partial charge in [0.15, 0.2) is 0 Å². The molecule has 8 heteroatoms. The Bertz CT molecular complexity index is 752. The summed E-state index contributed by atoms with van der Waals surface area (Å²) in [5.41, 5.74) is 0.399. The number of hydrogen-bond acceptors (Lipinski definition) is 5. The quantitative estimate of drug-likeness (QED) is 0.768. The number of piperazine rings is 1. The van der Waals surface area contributed by atoms with Crippen LogP contribution in [0.15, 0.2) is 23.1 Å². The summed E-state index contributed by atoms with van der Waals surface area (Å²) >= 11 is 0. The highest BCUT2D eigenvalue weighted by molar-refractivity contribution is 7.89. The van der Waals surface area contributed by atoms with Crippen LogP contribution in [0.25, 0.3) is 0 Å². The Labute approximate surface area is 155 Å². The molecule has 1 amide bonds. The van der Waals surface area contributed by atoms with Gasteiger partial charge < -0.3 is 14.5 Å². The van der Waals surface area contributed by atoms with Gasteiger partial charge in [0.05, 0.1) is 6.61 Å². The van der Waals surface area contributed by atoms with Crippen molar-refractivity contribution in [3.63, 3.8) is 0 Å². The molecule has 2 heterocycles. The summed E-state index contributed by atoms with van der Waals surface area (Å²) in [5, 5.41) is 0. The molecule has 2 fully saturated rings. The lowest BCUT2D eigenvalue weighted by molar-refractivity contribution is 0.0664. The van der Waals surface area contributed by atoms with Crippen LogP contribution in [-0.4, -0.2) is 81.4 Å². The second kappa shape index (κ2) is 7.94. The number of likely N-dealkylation sites (N-methyl/N-ethyl adjacent to an activating group) is 1. The molecule has 7 nitrogen and oxygen atoms in total. The monoisotopic (exact) mass is 381 g/mol. The molecule has 144 valence electrons. The van der Waals surface area contributed by atoms with Crippen LogP contribution in [0.3, 0.4) is 0 Å². The molecule has 2 saturated heterocycles. The van der Waals surface area contributed by atoms with Crippen LogP contribution in [0.2, 0.25) is 0 Å². The molecule has 2 aliphatic heterocycles. The van der Waals surface area contributed by atoms with Crippen molar-refractivity contribution in [1.82, 2.24) is 14.1 Å². The number of rotatable bonds is 5. The zero-order valence-corrected chi connectivity index (χ0v) is 16.3. The topological polar surface area (TPSA) is 70.2 Å². The van der Waals surface area contributed by atoms with Crippen LogP contribution in [0.5, 0.6) is 5.75 Å². The molecule has 0 bridgehead atoms. The minimum Gasteiger partial charge on any atom is -0.492 e. The normalized spacial score (nSPS) is 19.7. The fourth-order valence-corrected chi connectivity index (χ4v) is 5.05. The van der Waals surface area contributed by atoms with E-state index in [9.17, 15) is 13.2 Å². The van der Waals surface area contributed by atoms with Gasteiger partial charge in [-0.25, -0.2) is 8.42 Å². The molecule has 0 radical (unpaired) electrons. The lowest BCUT2D eigenvalue weighted by atomic mass is 10.1. The van der Waals surface area contributed by atoms with Gasteiger partial charge in [-0.2, -0.15) is 4.31 Å². The molecule has 0 N–H and O–H groups in total. The average Bonchev–Trinajstić information content (AvgIpc) is 3.18. The third-order valence-electron chi connectivity index (χ3n) is 4.96. The minimum absolute atomic E-state index is 0.0984. The number of ether oxygens (including phenoxy) is 1.